The van der Waals surface area contributed by atoms with E-state index in [0.29, 0.717) is 0 Å². The van der Waals surface area contributed by atoms with E-state index in [2.05, 4.69) is 13.0 Å². The number of unbranched alkanes of at least 4 members (excludes halogenated alkanes) is 11. The maximum atomic E-state index is 9.90. The number of allylic oxidation sites excluding steroid dienone is 6. The van der Waals surface area contributed by atoms with Crippen LogP contribution < -0.4 is 0 Å². The zero-order valence-corrected chi connectivity index (χ0v) is 13.9. The topological polar surface area (TPSA) is 17.1 Å². The maximum Gasteiger partial charge on any atom is 0.225 e. The molecule has 0 saturated carbocycles. The molecule has 0 heterocycles. The zero-order valence-electron chi connectivity index (χ0n) is 13.9. The fourth-order valence-corrected chi connectivity index (χ4v) is 2.32. The van der Waals surface area contributed by atoms with Crippen LogP contribution in [0.15, 0.2) is 36.5 Å². The van der Waals surface area contributed by atoms with Crippen LogP contribution in [0.2, 0.25) is 0 Å². The van der Waals surface area contributed by atoms with Crippen LogP contribution in [-0.2, 0) is 4.79 Å². The molecule has 1 heteroatoms. The molecule has 119 valence electrons. The molecular weight excluding hydrogens is 256 g/mol. The van der Waals surface area contributed by atoms with E-state index in [1.807, 2.05) is 18.2 Å². The summed E-state index contributed by atoms with van der Waals surface area (Å²) >= 11 is 0. The van der Waals surface area contributed by atoms with Crippen molar-refractivity contribution in [1.29, 1.82) is 0 Å². The highest BCUT2D eigenvalue weighted by molar-refractivity contribution is 5.66. The second-order valence-corrected chi connectivity index (χ2v) is 5.61. The lowest BCUT2D eigenvalue weighted by Gasteiger charge is -2.01. The number of carbonyl (C=O) groups excluding carboxylic acids is 1. The molecule has 0 aromatic carbocycles. The third-order valence-corrected chi connectivity index (χ3v) is 3.61. The van der Waals surface area contributed by atoms with Crippen LogP contribution in [0.1, 0.15) is 84.0 Å². The fourth-order valence-electron chi connectivity index (χ4n) is 2.32. The average molecular weight is 289 g/mol. The molecule has 0 fully saturated rings. The van der Waals surface area contributed by atoms with Crippen molar-refractivity contribution in [3.8, 4) is 0 Å². The van der Waals surface area contributed by atoms with Crippen LogP contribution in [0.3, 0.4) is 0 Å². The first kappa shape index (κ1) is 19.9. The predicted octanol–water partition coefficient (Wildman–Crippen LogP) is 6.47. The second-order valence-electron chi connectivity index (χ2n) is 5.61. The van der Waals surface area contributed by atoms with Gasteiger partial charge >= 0.3 is 0 Å². The molecule has 1 radical (unpaired) electrons. The summed E-state index contributed by atoms with van der Waals surface area (Å²) in [6.45, 7) is 2.27. The predicted molar refractivity (Wildman–Crippen MR) is 94.2 cm³/mol. The van der Waals surface area contributed by atoms with Gasteiger partial charge in [-0.15, -0.1) is 0 Å². The lowest BCUT2D eigenvalue weighted by Crippen LogP contribution is -1.81. The quantitative estimate of drug-likeness (QED) is 0.192. The number of hydrogen-bond donors (Lipinski definition) is 0. The van der Waals surface area contributed by atoms with Gasteiger partial charge in [0.15, 0.2) is 0 Å². The molecule has 0 rings (SSSR count). The Kier molecular flexibility index (Phi) is 17.9. The maximum absolute atomic E-state index is 9.90. The van der Waals surface area contributed by atoms with Crippen molar-refractivity contribution in [2.75, 3.05) is 0 Å². The first-order valence-corrected chi connectivity index (χ1v) is 8.77. The molecule has 1 nitrogen and oxygen atoms in total. The van der Waals surface area contributed by atoms with Gasteiger partial charge in [-0.05, 0) is 18.9 Å². The normalized spacial score (nSPS) is 12.0. The van der Waals surface area contributed by atoms with Gasteiger partial charge in [-0.25, -0.2) is 0 Å². The van der Waals surface area contributed by atoms with Gasteiger partial charge in [0, 0.05) is 0 Å². The van der Waals surface area contributed by atoms with Crippen molar-refractivity contribution >= 4 is 6.29 Å². The summed E-state index contributed by atoms with van der Waals surface area (Å²) in [6, 6.07) is 0. The molecule has 0 saturated heterocycles. The summed E-state index contributed by atoms with van der Waals surface area (Å²) in [7, 11) is 0. The first-order chi connectivity index (χ1) is 10.4. The number of hydrogen-bond acceptors (Lipinski definition) is 1. The van der Waals surface area contributed by atoms with Crippen molar-refractivity contribution in [3.05, 3.63) is 36.5 Å². The molecule has 0 atom stereocenters. The van der Waals surface area contributed by atoms with Gasteiger partial charge in [-0.3, -0.25) is 4.79 Å². The molecule has 21 heavy (non-hydrogen) atoms. The van der Waals surface area contributed by atoms with E-state index in [1.54, 1.807) is 12.4 Å². The van der Waals surface area contributed by atoms with E-state index in [1.165, 1.54) is 76.7 Å². The molecular formula is C20H33O. The summed E-state index contributed by atoms with van der Waals surface area (Å²) in [5, 5.41) is 0. The van der Waals surface area contributed by atoms with Crippen molar-refractivity contribution in [1.82, 2.24) is 0 Å². The minimum atomic E-state index is 1.16. The Bertz CT molecular complexity index is 286. The van der Waals surface area contributed by atoms with Crippen molar-refractivity contribution in [2.24, 2.45) is 0 Å². The van der Waals surface area contributed by atoms with Crippen molar-refractivity contribution in [2.45, 2.75) is 84.0 Å². The van der Waals surface area contributed by atoms with E-state index in [9.17, 15) is 4.79 Å². The van der Waals surface area contributed by atoms with Crippen LogP contribution in [0.4, 0.5) is 0 Å². The highest BCUT2D eigenvalue weighted by atomic mass is 16.1. The smallest absolute Gasteiger partial charge is 0.225 e. The van der Waals surface area contributed by atoms with Gasteiger partial charge < -0.3 is 0 Å². The zero-order chi connectivity index (χ0) is 15.4. The molecule has 0 unspecified atom stereocenters. The summed E-state index contributed by atoms with van der Waals surface area (Å²) in [5.74, 6) is 0. The summed E-state index contributed by atoms with van der Waals surface area (Å²) in [5.41, 5.74) is 0. The Morgan fingerprint density at radius 2 is 1.19 bits per heavy atom. The molecule has 0 bridgehead atoms. The monoisotopic (exact) mass is 289 g/mol. The summed E-state index contributed by atoms with van der Waals surface area (Å²) < 4.78 is 0. The molecule has 0 N–H and O–H groups in total. The fraction of sp³-hybridized carbons (Fsp3) is 0.650. The van der Waals surface area contributed by atoms with E-state index >= 15 is 0 Å². The minimum Gasteiger partial charge on any atom is -0.286 e. The van der Waals surface area contributed by atoms with E-state index < -0.39 is 0 Å². The van der Waals surface area contributed by atoms with Gasteiger partial charge in [0.2, 0.25) is 6.29 Å². The summed E-state index contributed by atoms with van der Waals surface area (Å²) in [4.78, 5) is 9.90. The van der Waals surface area contributed by atoms with Gasteiger partial charge in [-0.2, -0.15) is 0 Å². The summed E-state index contributed by atoms with van der Waals surface area (Å²) in [6.07, 6.45) is 29.3. The third-order valence-electron chi connectivity index (χ3n) is 3.61. The molecule has 0 amide bonds. The van der Waals surface area contributed by atoms with Gasteiger partial charge in [0.1, 0.15) is 0 Å². The second kappa shape index (κ2) is 18.9. The lowest BCUT2D eigenvalue weighted by atomic mass is 10.1. The van der Waals surface area contributed by atoms with Crippen LogP contribution >= 0.6 is 0 Å². The highest BCUT2D eigenvalue weighted by Crippen LogP contribution is 2.11. The molecule has 0 aromatic heterocycles. The Labute approximate surface area is 132 Å². The van der Waals surface area contributed by atoms with Crippen LogP contribution in [-0.4, -0.2) is 6.29 Å². The minimum absolute atomic E-state index is 1.16. The standard InChI is InChI=1S/C20H33O/c1-2-3-4-5-6-7-8-9-10-11-12-13-14-15-16-17-18-19-20-21/h14-19H,2-13H2,1H3/b15-14+,17-16+,19-18+. The highest BCUT2D eigenvalue weighted by Gasteiger charge is 1.92. The molecule has 0 aliphatic carbocycles. The molecule has 0 spiro atoms. The Hall–Kier alpha value is -1.11. The molecule has 0 aliphatic rings. The van der Waals surface area contributed by atoms with E-state index in [-0.39, 0.29) is 0 Å². The molecule has 0 aliphatic heterocycles. The van der Waals surface area contributed by atoms with Crippen LogP contribution in [0.25, 0.3) is 0 Å². The Balaban J connectivity index is 3.15. The van der Waals surface area contributed by atoms with E-state index in [4.69, 9.17) is 0 Å². The number of rotatable bonds is 15. The van der Waals surface area contributed by atoms with Crippen molar-refractivity contribution in [3.63, 3.8) is 0 Å². The Morgan fingerprint density at radius 3 is 1.76 bits per heavy atom. The molecule has 0 aromatic rings. The van der Waals surface area contributed by atoms with Gasteiger partial charge in [0.25, 0.3) is 0 Å². The lowest BCUT2D eigenvalue weighted by molar-refractivity contribution is 0.550. The van der Waals surface area contributed by atoms with Crippen LogP contribution in [0.5, 0.6) is 0 Å². The van der Waals surface area contributed by atoms with Crippen molar-refractivity contribution < 1.29 is 4.79 Å². The Morgan fingerprint density at radius 1 is 0.667 bits per heavy atom. The average Bonchev–Trinajstić information content (AvgIpc) is 2.50. The third kappa shape index (κ3) is 18.9. The largest absolute Gasteiger partial charge is 0.286 e. The van der Waals surface area contributed by atoms with E-state index in [0.717, 1.165) is 6.42 Å². The first-order valence-electron chi connectivity index (χ1n) is 8.77. The SMILES string of the molecule is CCCCCCCCCCCCC/C=C/C=C/C=C/[C]=O. The van der Waals surface area contributed by atoms with Gasteiger partial charge in [-0.1, -0.05) is 102 Å². The van der Waals surface area contributed by atoms with Crippen LogP contribution in [0, 0.1) is 0 Å². The van der Waals surface area contributed by atoms with Gasteiger partial charge in [0.05, 0.1) is 0 Å².